The largest absolute Gasteiger partial charge is 0.440 e. The molecule has 1 rings (SSSR count). The molecule has 16 heavy (non-hydrogen) atoms. The smallest absolute Gasteiger partial charge is 0.289 e. The number of carbonyl (C=O) groups excluding carboxylic acids is 1. The lowest BCUT2D eigenvalue weighted by molar-refractivity contribution is 0.0660. The second-order valence-corrected chi connectivity index (χ2v) is 4.15. The van der Waals surface area contributed by atoms with Gasteiger partial charge in [-0.2, -0.15) is 0 Å². The zero-order chi connectivity index (χ0) is 12.1. The van der Waals surface area contributed by atoms with E-state index in [9.17, 15) is 4.79 Å². The third kappa shape index (κ3) is 3.25. The molecule has 0 saturated carbocycles. The number of hydrogen-bond donors (Lipinski definition) is 1. The quantitative estimate of drug-likeness (QED) is 0.865. The van der Waals surface area contributed by atoms with E-state index in [1.165, 1.54) is 0 Å². The zero-order valence-electron chi connectivity index (χ0n) is 9.44. The van der Waals surface area contributed by atoms with Gasteiger partial charge in [-0.25, -0.2) is 0 Å². The molecule has 0 aromatic carbocycles. The second kappa shape index (κ2) is 5.92. The van der Waals surface area contributed by atoms with E-state index in [0.717, 1.165) is 0 Å². The van der Waals surface area contributed by atoms with E-state index in [0.29, 0.717) is 13.0 Å². The van der Waals surface area contributed by atoms with Gasteiger partial charge in [0.2, 0.25) is 0 Å². The Balaban J connectivity index is 2.74. The lowest BCUT2D eigenvalue weighted by Gasteiger charge is -2.25. The van der Waals surface area contributed by atoms with Gasteiger partial charge in [0, 0.05) is 19.2 Å². The molecule has 0 spiro atoms. The highest BCUT2D eigenvalue weighted by Gasteiger charge is 2.21. The van der Waals surface area contributed by atoms with Crippen molar-refractivity contribution in [1.29, 1.82) is 0 Å². The fourth-order valence-electron chi connectivity index (χ4n) is 1.41. The predicted octanol–water partition coefficient (Wildman–Crippen LogP) is 2.17. The minimum Gasteiger partial charge on any atom is -0.440 e. The molecule has 0 aliphatic heterocycles. The highest BCUT2D eigenvalue weighted by atomic mass is 35.5. The molecule has 0 bridgehead atoms. The lowest BCUT2D eigenvalue weighted by atomic mass is 10.2. The lowest BCUT2D eigenvalue weighted by Crippen LogP contribution is -2.37. The van der Waals surface area contributed by atoms with Crippen molar-refractivity contribution in [2.45, 2.75) is 26.3 Å². The Morgan fingerprint density at radius 1 is 1.56 bits per heavy atom. The van der Waals surface area contributed by atoms with Crippen molar-refractivity contribution in [3.05, 3.63) is 23.1 Å². The summed E-state index contributed by atoms with van der Waals surface area (Å²) in [7, 11) is 0. The van der Waals surface area contributed by atoms with Crippen molar-refractivity contribution < 1.29 is 14.3 Å². The summed E-state index contributed by atoms with van der Waals surface area (Å²) in [5.74, 6) is 0.0342. The van der Waals surface area contributed by atoms with E-state index in [1.54, 1.807) is 17.0 Å². The van der Waals surface area contributed by atoms with Crippen molar-refractivity contribution in [3.8, 4) is 0 Å². The van der Waals surface area contributed by atoms with Gasteiger partial charge in [0.15, 0.2) is 11.0 Å². The molecule has 1 aromatic rings. The first-order valence-corrected chi connectivity index (χ1v) is 5.61. The summed E-state index contributed by atoms with van der Waals surface area (Å²) in [5.41, 5.74) is 0. The number of carbonyl (C=O) groups is 1. The Hall–Kier alpha value is -1.00. The summed E-state index contributed by atoms with van der Waals surface area (Å²) in [4.78, 5) is 13.6. The SMILES string of the molecule is CC(C)N(CCCO)C(=O)c1ccc(Cl)o1. The van der Waals surface area contributed by atoms with E-state index in [-0.39, 0.29) is 29.5 Å². The first-order chi connectivity index (χ1) is 7.56. The molecule has 0 unspecified atom stereocenters. The highest BCUT2D eigenvalue weighted by Crippen LogP contribution is 2.16. The average Bonchev–Trinajstić information content (AvgIpc) is 2.64. The van der Waals surface area contributed by atoms with E-state index < -0.39 is 0 Å². The zero-order valence-corrected chi connectivity index (χ0v) is 10.2. The summed E-state index contributed by atoms with van der Waals surface area (Å²) in [6, 6.07) is 3.15. The molecule has 0 aliphatic rings. The average molecular weight is 246 g/mol. The molecule has 90 valence electrons. The molecule has 0 atom stereocenters. The van der Waals surface area contributed by atoms with Gasteiger partial charge in [0.1, 0.15) is 0 Å². The second-order valence-electron chi connectivity index (χ2n) is 3.77. The Kier molecular flexibility index (Phi) is 4.83. The minimum atomic E-state index is -0.199. The molecule has 1 aromatic heterocycles. The number of aliphatic hydroxyl groups excluding tert-OH is 1. The fourth-order valence-corrected chi connectivity index (χ4v) is 1.55. The monoisotopic (exact) mass is 245 g/mol. The number of hydrogen-bond acceptors (Lipinski definition) is 3. The van der Waals surface area contributed by atoms with Crippen LogP contribution in [-0.2, 0) is 0 Å². The van der Waals surface area contributed by atoms with Crippen LogP contribution in [0.3, 0.4) is 0 Å². The van der Waals surface area contributed by atoms with Crippen molar-refractivity contribution in [2.75, 3.05) is 13.2 Å². The molecule has 1 heterocycles. The molecule has 1 amide bonds. The molecule has 0 saturated heterocycles. The summed E-state index contributed by atoms with van der Waals surface area (Å²) in [5, 5.41) is 8.97. The molecule has 0 aliphatic carbocycles. The molecule has 4 nitrogen and oxygen atoms in total. The van der Waals surface area contributed by atoms with Crippen LogP contribution in [0.15, 0.2) is 16.5 Å². The molecule has 0 radical (unpaired) electrons. The molecular formula is C11H16ClNO3. The van der Waals surface area contributed by atoms with Gasteiger partial charge in [-0.1, -0.05) is 0 Å². The van der Waals surface area contributed by atoms with Gasteiger partial charge in [0.25, 0.3) is 5.91 Å². The molecular weight excluding hydrogens is 230 g/mol. The van der Waals surface area contributed by atoms with Gasteiger partial charge in [-0.3, -0.25) is 4.79 Å². The summed E-state index contributed by atoms with van der Waals surface area (Å²) in [6.07, 6.45) is 0.554. The number of rotatable bonds is 5. The Morgan fingerprint density at radius 3 is 2.69 bits per heavy atom. The first-order valence-electron chi connectivity index (χ1n) is 5.23. The van der Waals surface area contributed by atoms with E-state index in [4.69, 9.17) is 21.1 Å². The van der Waals surface area contributed by atoms with Crippen LogP contribution < -0.4 is 0 Å². The summed E-state index contributed by atoms with van der Waals surface area (Å²) >= 11 is 5.62. The standard InChI is InChI=1S/C11H16ClNO3/c1-8(2)13(6-3-7-14)11(15)9-4-5-10(12)16-9/h4-5,8,14H,3,6-7H2,1-2H3. The first kappa shape index (κ1) is 13.1. The van der Waals surface area contributed by atoms with Crippen molar-refractivity contribution in [1.82, 2.24) is 4.90 Å². The number of halogens is 1. The Labute approximate surface area is 99.8 Å². The van der Waals surface area contributed by atoms with Gasteiger partial charge < -0.3 is 14.4 Å². The normalized spacial score (nSPS) is 10.8. The topological polar surface area (TPSA) is 53.7 Å². The van der Waals surface area contributed by atoms with Gasteiger partial charge in [0.05, 0.1) is 0 Å². The van der Waals surface area contributed by atoms with Crippen LogP contribution in [0.25, 0.3) is 0 Å². The maximum absolute atomic E-state index is 12.0. The van der Waals surface area contributed by atoms with Gasteiger partial charge >= 0.3 is 0 Å². The minimum absolute atomic E-state index is 0.0583. The molecule has 1 N–H and O–H groups in total. The van der Waals surface area contributed by atoms with Crippen LogP contribution in [0.4, 0.5) is 0 Å². The number of nitrogens with zero attached hydrogens (tertiary/aromatic N) is 1. The number of furan rings is 1. The third-order valence-corrected chi connectivity index (χ3v) is 2.43. The third-order valence-electron chi connectivity index (χ3n) is 2.23. The van der Waals surface area contributed by atoms with Crippen molar-refractivity contribution in [3.63, 3.8) is 0 Å². The van der Waals surface area contributed by atoms with Crippen LogP contribution >= 0.6 is 11.6 Å². The summed E-state index contributed by atoms with van der Waals surface area (Å²) in [6.45, 7) is 4.40. The van der Waals surface area contributed by atoms with Crippen LogP contribution in [0.1, 0.15) is 30.8 Å². The fraction of sp³-hybridized carbons (Fsp3) is 0.545. The molecule has 0 fully saturated rings. The summed E-state index contributed by atoms with van der Waals surface area (Å²) < 4.78 is 5.07. The van der Waals surface area contributed by atoms with Gasteiger partial charge in [-0.15, -0.1) is 0 Å². The maximum atomic E-state index is 12.0. The van der Waals surface area contributed by atoms with Crippen molar-refractivity contribution >= 4 is 17.5 Å². The predicted molar refractivity (Wildman–Crippen MR) is 61.6 cm³/mol. The van der Waals surface area contributed by atoms with Crippen LogP contribution in [0.5, 0.6) is 0 Å². The Bertz CT molecular complexity index is 349. The molecule has 5 heteroatoms. The van der Waals surface area contributed by atoms with Crippen LogP contribution in [0.2, 0.25) is 5.22 Å². The highest BCUT2D eigenvalue weighted by molar-refractivity contribution is 6.29. The van der Waals surface area contributed by atoms with Crippen molar-refractivity contribution in [2.24, 2.45) is 0 Å². The Morgan fingerprint density at radius 2 is 2.25 bits per heavy atom. The maximum Gasteiger partial charge on any atom is 0.289 e. The van der Waals surface area contributed by atoms with Crippen LogP contribution in [0, 0.1) is 0 Å². The van der Waals surface area contributed by atoms with E-state index >= 15 is 0 Å². The number of amides is 1. The van der Waals surface area contributed by atoms with E-state index in [2.05, 4.69) is 0 Å². The van der Waals surface area contributed by atoms with E-state index in [1.807, 2.05) is 13.8 Å². The number of aliphatic hydroxyl groups is 1. The van der Waals surface area contributed by atoms with Crippen LogP contribution in [-0.4, -0.2) is 35.1 Å². The van der Waals surface area contributed by atoms with Gasteiger partial charge in [-0.05, 0) is 44.0 Å².